The van der Waals surface area contributed by atoms with E-state index in [1.807, 2.05) is 39.0 Å². The first-order valence-corrected chi connectivity index (χ1v) is 11.7. The summed E-state index contributed by atoms with van der Waals surface area (Å²) in [7, 11) is -3.75. The number of hydrogen-bond donors (Lipinski definition) is 1. The van der Waals surface area contributed by atoms with Crippen LogP contribution in [0.3, 0.4) is 0 Å². The van der Waals surface area contributed by atoms with Crippen LogP contribution in [0.1, 0.15) is 48.8 Å². The molecule has 0 bridgehead atoms. The molecule has 0 radical (unpaired) electrons. The summed E-state index contributed by atoms with van der Waals surface area (Å²) in [4.78, 5) is 13.1. The number of carbonyl (C=O) groups excluding carboxylic acids is 1. The van der Waals surface area contributed by atoms with Crippen LogP contribution in [0.25, 0.3) is 0 Å². The van der Waals surface area contributed by atoms with E-state index in [1.54, 1.807) is 24.3 Å². The van der Waals surface area contributed by atoms with E-state index in [0.717, 1.165) is 54.5 Å². The first-order chi connectivity index (χ1) is 13.8. The van der Waals surface area contributed by atoms with Gasteiger partial charge < -0.3 is 5.32 Å². The van der Waals surface area contributed by atoms with Crippen LogP contribution in [0.5, 0.6) is 0 Å². The van der Waals surface area contributed by atoms with Crippen molar-refractivity contribution >= 4 is 21.6 Å². The molecule has 0 aromatic heterocycles. The highest BCUT2D eigenvalue weighted by Gasteiger charge is 2.34. The minimum Gasteiger partial charge on any atom is -0.325 e. The number of carbonyl (C=O) groups is 1. The number of sulfonamides is 1. The molecule has 0 aliphatic heterocycles. The van der Waals surface area contributed by atoms with Crippen molar-refractivity contribution in [2.24, 2.45) is 0 Å². The van der Waals surface area contributed by atoms with Gasteiger partial charge in [-0.05, 0) is 62.9 Å². The fourth-order valence-electron chi connectivity index (χ4n) is 3.84. The molecule has 1 fully saturated rings. The maximum absolute atomic E-state index is 13.4. The summed E-state index contributed by atoms with van der Waals surface area (Å²) in [5.74, 6) is -0.306. The molecule has 1 N–H and O–H groups in total. The SMILES string of the molecule is Cc1ccc(S(=O)(=O)N(CC(=O)Nc2cccc(C)c2C)C2CCCCC2)cc1. The lowest BCUT2D eigenvalue weighted by molar-refractivity contribution is -0.116. The van der Waals surface area contributed by atoms with Crippen molar-refractivity contribution in [2.45, 2.75) is 63.8 Å². The molecule has 1 aliphatic carbocycles. The predicted molar refractivity (Wildman–Crippen MR) is 116 cm³/mol. The van der Waals surface area contributed by atoms with E-state index in [4.69, 9.17) is 0 Å². The highest BCUT2D eigenvalue weighted by molar-refractivity contribution is 7.89. The van der Waals surface area contributed by atoms with E-state index in [2.05, 4.69) is 5.32 Å². The molecule has 2 aromatic carbocycles. The Kier molecular flexibility index (Phi) is 6.75. The fourth-order valence-corrected chi connectivity index (χ4v) is 5.48. The largest absolute Gasteiger partial charge is 0.325 e. The molecule has 1 aliphatic rings. The van der Waals surface area contributed by atoms with Gasteiger partial charge in [-0.1, -0.05) is 49.1 Å². The molecule has 3 rings (SSSR count). The topological polar surface area (TPSA) is 66.5 Å². The van der Waals surface area contributed by atoms with Crippen molar-refractivity contribution in [1.29, 1.82) is 0 Å². The van der Waals surface area contributed by atoms with Crippen molar-refractivity contribution in [1.82, 2.24) is 4.31 Å². The highest BCUT2D eigenvalue weighted by Crippen LogP contribution is 2.28. The monoisotopic (exact) mass is 414 g/mol. The summed E-state index contributed by atoms with van der Waals surface area (Å²) < 4.78 is 28.2. The Morgan fingerprint density at radius 3 is 2.31 bits per heavy atom. The maximum Gasteiger partial charge on any atom is 0.243 e. The van der Waals surface area contributed by atoms with Gasteiger partial charge in [0.05, 0.1) is 11.4 Å². The van der Waals surface area contributed by atoms with Crippen molar-refractivity contribution in [3.8, 4) is 0 Å². The molecular formula is C23H30N2O3S. The Labute approximate surface area is 174 Å². The molecule has 0 unspecified atom stereocenters. The molecule has 0 saturated heterocycles. The lowest BCUT2D eigenvalue weighted by Crippen LogP contribution is -2.45. The third-order valence-electron chi connectivity index (χ3n) is 5.79. The number of rotatable bonds is 6. The zero-order chi connectivity index (χ0) is 21.0. The van der Waals surface area contributed by atoms with Gasteiger partial charge in [-0.2, -0.15) is 4.31 Å². The van der Waals surface area contributed by atoms with Gasteiger partial charge in [-0.15, -0.1) is 0 Å². The van der Waals surface area contributed by atoms with Crippen molar-refractivity contribution in [3.63, 3.8) is 0 Å². The third-order valence-corrected chi connectivity index (χ3v) is 7.70. The summed E-state index contributed by atoms with van der Waals surface area (Å²) in [5, 5.41) is 2.91. The molecule has 0 atom stereocenters. The number of amides is 1. The molecule has 5 nitrogen and oxygen atoms in total. The van der Waals surface area contributed by atoms with Gasteiger partial charge in [0.1, 0.15) is 0 Å². The Hall–Kier alpha value is -2.18. The van der Waals surface area contributed by atoms with Crippen LogP contribution in [0.4, 0.5) is 5.69 Å². The van der Waals surface area contributed by atoms with Gasteiger partial charge in [0.15, 0.2) is 0 Å². The van der Waals surface area contributed by atoms with Crippen LogP contribution >= 0.6 is 0 Å². The number of hydrogen-bond acceptors (Lipinski definition) is 3. The van der Waals surface area contributed by atoms with Crippen LogP contribution < -0.4 is 5.32 Å². The number of benzene rings is 2. The molecule has 0 spiro atoms. The van der Waals surface area contributed by atoms with E-state index >= 15 is 0 Å². The summed E-state index contributed by atoms with van der Waals surface area (Å²) in [6, 6.07) is 12.4. The summed E-state index contributed by atoms with van der Waals surface area (Å²) in [6.45, 7) is 5.69. The van der Waals surface area contributed by atoms with E-state index in [9.17, 15) is 13.2 Å². The second-order valence-electron chi connectivity index (χ2n) is 7.95. The molecule has 1 amide bonds. The van der Waals surface area contributed by atoms with Crippen molar-refractivity contribution in [3.05, 3.63) is 59.2 Å². The fraction of sp³-hybridized carbons (Fsp3) is 0.435. The average molecular weight is 415 g/mol. The number of aryl methyl sites for hydroxylation is 2. The second kappa shape index (κ2) is 9.09. The van der Waals surface area contributed by atoms with Gasteiger partial charge >= 0.3 is 0 Å². The lowest BCUT2D eigenvalue weighted by atomic mass is 9.95. The molecule has 156 valence electrons. The standard InChI is InChI=1S/C23H30N2O3S/c1-17-12-14-21(15-13-17)29(27,28)25(20-9-5-4-6-10-20)16-23(26)24-22-11-7-8-18(2)19(22)3/h7-8,11-15,20H,4-6,9-10,16H2,1-3H3,(H,24,26). The number of anilines is 1. The first kappa shape index (κ1) is 21.5. The van der Waals surface area contributed by atoms with Gasteiger partial charge in [0, 0.05) is 11.7 Å². The third kappa shape index (κ3) is 5.06. The van der Waals surface area contributed by atoms with E-state index in [1.165, 1.54) is 4.31 Å². The van der Waals surface area contributed by atoms with E-state index in [-0.39, 0.29) is 23.4 Å². The minimum atomic E-state index is -3.75. The molecular weight excluding hydrogens is 384 g/mol. The predicted octanol–water partition coefficient (Wildman–Crippen LogP) is 4.57. The number of nitrogens with one attached hydrogen (secondary N) is 1. The van der Waals surface area contributed by atoms with Crippen molar-refractivity contribution in [2.75, 3.05) is 11.9 Å². The van der Waals surface area contributed by atoms with E-state index in [0.29, 0.717) is 0 Å². The van der Waals surface area contributed by atoms with Crippen LogP contribution in [0.15, 0.2) is 47.4 Å². The minimum absolute atomic E-state index is 0.139. The highest BCUT2D eigenvalue weighted by atomic mass is 32.2. The van der Waals surface area contributed by atoms with Gasteiger partial charge in [0.2, 0.25) is 15.9 Å². The van der Waals surface area contributed by atoms with Crippen LogP contribution in [0.2, 0.25) is 0 Å². The first-order valence-electron chi connectivity index (χ1n) is 10.2. The van der Waals surface area contributed by atoms with Crippen molar-refractivity contribution < 1.29 is 13.2 Å². The Bertz CT molecular complexity index is 962. The van der Waals surface area contributed by atoms with Gasteiger partial charge in [0.25, 0.3) is 0 Å². The Balaban J connectivity index is 1.86. The molecule has 2 aromatic rings. The normalized spacial score (nSPS) is 15.4. The summed E-state index contributed by atoms with van der Waals surface area (Å²) >= 11 is 0. The summed E-state index contributed by atoms with van der Waals surface area (Å²) in [6.07, 6.45) is 4.68. The van der Waals surface area contributed by atoms with Crippen LogP contribution in [-0.2, 0) is 14.8 Å². The zero-order valence-corrected chi connectivity index (χ0v) is 18.3. The van der Waals surface area contributed by atoms with Gasteiger partial charge in [-0.3, -0.25) is 4.79 Å². The molecule has 1 saturated carbocycles. The number of nitrogens with zero attached hydrogens (tertiary/aromatic N) is 1. The lowest BCUT2D eigenvalue weighted by Gasteiger charge is -2.33. The Morgan fingerprint density at radius 2 is 1.66 bits per heavy atom. The summed E-state index contributed by atoms with van der Waals surface area (Å²) in [5.41, 5.74) is 3.80. The van der Waals surface area contributed by atoms with E-state index < -0.39 is 10.0 Å². The van der Waals surface area contributed by atoms with Gasteiger partial charge in [-0.25, -0.2) is 8.42 Å². The van der Waals surface area contributed by atoms with Crippen LogP contribution in [-0.4, -0.2) is 31.2 Å². The zero-order valence-electron chi connectivity index (χ0n) is 17.4. The Morgan fingerprint density at radius 1 is 1.00 bits per heavy atom. The molecule has 6 heteroatoms. The van der Waals surface area contributed by atoms with Crippen LogP contribution in [0, 0.1) is 20.8 Å². The maximum atomic E-state index is 13.4. The molecule has 0 heterocycles. The smallest absolute Gasteiger partial charge is 0.243 e. The average Bonchev–Trinajstić information content (AvgIpc) is 2.70. The quantitative estimate of drug-likeness (QED) is 0.753. The second-order valence-corrected chi connectivity index (χ2v) is 9.84. The molecule has 29 heavy (non-hydrogen) atoms.